The van der Waals surface area contributed by atoms with Crippen LogP contribution in [0.1, 0.15) is 19.4 Å². The van der Waals surface area contributed by atoms with E-state index in [0.29, 0.717) is 22.5 Å². The van der Waals surface area contributed by atoms with Crippen LogP contribution in [0.25, 0.3) is 22.3 Å². The predicted octanol–water partition coefficient (Wildman–Crippen LogP) is 4.07. The number of nitrogens with zero attached hydrogens (tertiary/aromatic N) is 2. The number of hydrogen-bond donors (Lipinski definition) is 3. The zero-order chi connectivity index (χ0) is 18.9. The van der Waals surface area contributed by atoms with Crippen LogP contribution < -0.4 is 5.32 Å². The summed E-state index contributed by atoms with van der Waals surface area (Å²) in [6, 6.07) is 6.74. The van der Waals surface area contributed by atoms with E-state index in [9.17, 15) is 18.3 Å². The van der Waals surface area contributed by atoms with Crippen LogP contribution in [0.5, 0.6) is 0 Å². The lowest BCUT2D eigenvalue weighted by Gasteiger charge is -2.20. The first-order valence-electron chi connectivity index (χ1n) is 8.19. The number of aliphatic hydroxyl groups excluding tert-OH is 1. The predicted molar refractivity (Wildman–Crippen MR) is 93.7 cm³/mol. The van der Waals surface area contributed by atoms with Crippen molar-refractivity contribution in [1.29, 1.82) is 0 Å². The molecule has 3 rings (SSSR count). The molecule has 3 N–H and O–H groups in total. The van der Waals surface area contributed by atoms with Crippen molar-refractivity contribution in [3.63, 3.8) is 0 Å². The number of halogens is 3. The number of H-pyrrole nitrogens is 1. The molecule has 1 aromatic carbocycles. The van der Waals surface area contributed by atoms with E-state index < -0.39 is 11.7 Å². The molecule has 0 saturated carbocycles. The first kappa shape index (κ1) is 18.2. The molecule has 0 saturated heterocycles. The van der Waals surface area contributed by atoms with E-state index in [-0.39, 0.29) is 24.1 Å². The average Bonchev–Trinajstić information content (AvgIpc) is 3.03. The fourth-order valence-corrected chi connectivity index (χ4v) is 2.76. The smallest absolute Gasteiger partial charge is 0.394 e. The van der Waals surface area contributed by atoms with Gasteiger partial charge in [0.25, 0.3) is 0 Å². The fourth-order valence-electron chi connectivity index (χ4n) is 2.76. The van der Waals surface area contributed by atoms with Gasteiger partial charge in [0.15, 0.2) is 0 Å². The molecule has 138 valence electrons. The van der Waals surface area contributed by atoms with Crippen molar-refractivity contribution in [2.24, 2.45) is 5.92 Å². The van der Waals surface area contributed by atoms with E-state index in [1.54, 1.807) is 12.1 Å². The third-order valence-electron chi connectivity index (χ3n) is 4.27. The average molecular weight is 364 g/mol. The van der Waals surface area contributed by atoms with Gasteiger partial charge in [0, 0.05) is 11.3 Å². The standard InChI is InChI=1S/C18H19F3N4O/c1-10(2)15(8-26)25-17-12-7-14(24-16(12)22-9-23-17)11-5-3-4-6-13(11)18(19,20)21/h3-7,9-10,15,26H,8H2,1-2H3,(H2,22,23,24,25). The van der Waals surface area contributed by atoms with E-state index >= 15 is 0 Å². The number of aromatic nitrogens is 3. The molecule has 0 spiro atoms. The number of alkyl halides is 3. The van der Waals surface area contributed by atoms with Crippen molar-refractivity contribution in [2.45, 2.75) is 26.1 Å². The highest BCUT2D eigenvalue weighted by molar-refractivity contribution is 5.92. The third-order valence-corrected chi connectivity index (χ3v) is 4.27. The topological polar surface area (TPSA) is 73.8 Å². The molecule has 5 nitrogen and oxygen atoms in total. The number of aliphatic hydroxyl groups is 1. The monoisotopic (exact) mass is 364 g/mol. The van der Waals surface area contributed by atoms with Gasteiger partial charge in [0.05, 0.1) is 23.6 Å². The first-order valence-corrected chi connectivity index (χ1v) is 8.19. The van der Waals surface area contributed by atoms with Crippen LogP contribution in [0, 0.1) is 5.92 Å². The Morgan fingerprint density at radius 1 is 1.19 bits per heavy atom. The van der Waals surface area contributed by atoms with Gasteiger partial charge >= 0.3 is 6.18 Å². The van der Waals surface area contributed by atoms with Crippen molar-refractivity contribution in [1.82, 2.24) is 15.0 Å². The summed E-state index contributed by atoms with van der Waals surface area (Å²) in [6.45, 7) is 3.82. The summed E-state index contributed by atoms with van der Waals surface area (Å²) in [5.41, 5.74) is 0.0625. The Kier molecular flexibility index (Phi) is 4.86. The summed E-state index contributed by atoms with van der Waals surface area (Å²) in [5, 5.41) is 13.2. The normalized spacial score (nSPS) is 13.3. The number of rotatable bonds is 5. The summed E-state index contributed by atoms with van der Waals surface area (Å²) in [7, 11) is 0. The minimum Gasteiger partial charge on any atom is -0.394 e. The molecule has 1 atom stereocenters. The molecule has 0 aliphatic rings. The van der Waals surface area contributed by atoms with Gasteiger partial charge in [0.1, 0.15) is 17.8 Å². The molecule has 3 aromatic rings. The summed E-state index contributed by atoms with van der Waals surface area (Å²) in [5.74, 6) is 0.615. The highest BCUT2D eigenvalue weighted by Crippen LogP contribution is 2.37. The number of aromatic amines is 1. The zero-order valence-corrected chi connectivity index (χ0v) is 14.3. The second-order valence-corrected chi connectivity index (χ2v) is 6.39. The summed E-state index contributed by atoms with van der Waals surface area (Å²) in [6.07, 6.45) is -3.13. The van der Waals surface area contributed by atoms with Crippen LogP contribution in [-0.4, -0.2) is 32.7 Å². The van der Waals surface area contributed by atoms with Crippen molar-refractivity contribution < 1.29 is 18.3 Å². The number of fused-ring (bicyclic) bond motifs is 1. The van der Waals surface area contributed by atoms with E-state index in [4.69, 9.17) is 0 Å². The van der Waals surface area contributed by atoms with Gasteiger partial charge in [-0.3, -0.25) is 0 Å². The highest BCUT2D eigenvalue weighted by atomic mass is 19.4. The van der Waals surface area contributed by atoms with Crippen LogP contribution >= 0.6 is 0 Å². The molecule has 0 bridgehead atoms. The molecule has 2 aromatic heterocycles. The largest absolute Gasteiger partial charge is 0.417 e. The molecular weight excluding hydrogens is 345 g/mol. The molecule has 0 fully saturated rings. The number of anilines is 1. The molecule has 0 amide bonds. The van der Waals surface area contributed by atoms with Crippen molar-refractivity contribution in [3.8, 4) is 11.3 Å². The molecule has 2 heterocycles. The van der Waals surface area contributed by atoms with Crippen molar-refractivity contribution in [2.75, 3.05) is 11.9 Å². The van der Waals surface area contributed by atoms with E-state index in [0.717, 1.165) is 6.07 Å². The second-order valence-electron chi connectivity index (χ2n) is 6.39. The van der Waals surface area contributed by atoms with Crippen LogP contribution in [-0.2, 0) is 6.18 Å². The van der Waals surface area contributed by atoms with Gasteiger partial charge in [-0.25, -0.2) is 9.97 Å². The SMILES string of the molecule is CC(C)C(CO)Nc1ncnc2[nH]c(-c3ccccc3C(F)(F)F)cc12. The lowest BCUT2D eigenvalue weighted by atomic mass is 10.0. The fraction of sp³-hybridized carbons (Fsp3) is 0.333. The highest BCUT2D eigenvalue weighted by Gasteiger charge is 2.33. The van der Waals surface area contributed by atoms with Gasteiger partial charge in [-0.15, -0.1) is 0 Å². The Balaban J connectivity index is 2.08. The van der Waals surface area contributed by atoms with E-state index in [1.165, 1.54) is 18.5 Å². The van der Waals surface area contributed by atoms with Crippen molar-refractivity contribution in [3.05, 3.63) is 42.2 Å². The maximum Gasteiger partial charge on any atom is 0.417 e. The summed E-state index contributed by atoms with van der Waals surface area (Å²) >= 11 is 0. The Hall–Kier alpha value is -2.61. The molecule has 26 heavy (non-hydrogen) atoms. The lowest BCUT2D eigenvalue weighted by Crippen LogP contribution is -2.29. The van der Waals surface area contributed by atoms with Gasteiger partial charge < -0.3 is 15.4 Å². The van der Waals surface area contributed by atoms with Crippen LogP contribution in [0.4, 0.5) is 19.0 Å². The minimum atomic E-state index is -4.46. The second kappa shape index (κ2) is 6.95. The maximum atomic E-state index is 13.3. The zero-order valence-electron chi connectivity index (χ0n) is 14.3. The third kappa shape index (κ3) is 3.50. The van der Waals surface area contributed by atoms with Gasteiger partial charge in [-0.05, 0) is 18.1 Å². The van der Waals surface area contributed by atoms with Crippen LogP contribution in [0.15, 0.2) is 36.7 Å². The Morgan fingerprint density at radius 3 is 2.58 bits per heavy atom. The number of nitrogens with one attached hydrogen (secondary N) is 2. The van der Waals surface area contributed by atoms with Gasteiger partial charge in [0.2, 0.25) is 0 Å². The minimum absolute atomic E-state index is 0.0477. The van der Waals surface area contributed by atoms with Crippen LogP contribution in [0.3, 0.4) is 0 Å². The summed E-state index contributed by atoms with van der Waals surface area (Å²) in [4.78, 5) is 11.2. The molecule has 0 aliphatic carbocycles. The quantitative estimate of drug-likeness (QED) is 0.638. The van der Waals surface area contributed by atoms with E-state index in [2.05, 4.69) is 20.3 Å². The summed E-state index contributed by atoms with van der Waals surface area (Å²) < 4.78 is 39.9. The van der Waals surface area contributed by atoms with E-state index in [1.807, 2.05) is 13.8 Å². The van der Waals surface area contributed by atoms with Crippen molar-refractivity contribution >= 4 is 16.9 Å². The first-order chi connectivity index (χ1) is 12.3. The Bertz CT molecular complexity index is 905. The molecule has 0 aliphatic heterocycles. The molecule has 0 radical (unpaired) electrons. The molecule has 8 heteroatoms. The van der Waals surface area contributed by atoms with Crippen LogP contribution in [0.2, 0.25) is 0 Å². The molecule has 1 unspecified atom stereocenters. The number of benzene rings is 1. The lowest BCUT2D eigenvalue weighted by molar-refractivity contribution is -0.137. The Morgan fingerprint density at radius 2 is 1.92 bits per heavy atom. The number of hydrogen-bond acceptors (Lipinski definition) is 4. The van der Waals surface area contributed by atoms with Gasteiger partial charge in [-0.2, -0.15) is 13.2 Å². The maximum absolute atomic E-state index is 13.3. The van der Waals surface area contributed by atoms with Gasteiger partial charge in [-0.1, -0.05) is 32.0 Å². The Labute approximate surface area is 148 Å². The molecular formula is C18H19F3N4O.